The Morgan fingerprint density at radius 3 is 2.62 bits per heavy atom. The number of carbonyl (C=O) groups excluding carboxylic acids is 1. The second-order valence-corrected chi connectivity index (χ2v) is 5.98. The predicted molar refractivity (Wildman–Crippen MR) is 83.1 cm³/mol. The second-order valence-electron chi connectivity index (χ2n) is 4.86. The number of nitrogens with one attached hydrogen (secondary N) is 1. The quantitative estimate of drug-likeness (QED) is 0.416. The summed E-state index contributed by atoms with van der Waals surface area (Å²) in [4.78, 5) is 13.0. The lowest BCUT2D eigenvalue weighted by molar-refractivity contribution is -0.129. The summed E-state index contributed by atoms with van der Waals surface area (Å²) in [6, 6.07) is 14.1. The van der Waals surface area contributed by atoms with Gasteiger partial charge in [-0.3, -0.25) is 10.0 Å². The van der Waals surface area contributed by atoms with Crippen LogP contribution in [0.2, 0.25) is 0 Å². The molecular formula is C16H19NO3S. The van der Waals surface area contributed by atoms with Gasteiger partial charge in [-0.15, -0.1) is 11.3 Å². The summed E-state index contributed by atoms with van der Waals surface area (Å²) in [5.41, 5.74) is 2.76. The van der Waals surface area contributed by atoms with Gasteiger partial charge >= 0.3 is 0 Å². The molecule has 0 spiro atoms. The minimum absolute atomic E-state index is 0.281. The first-order valence-corrected chi connectivity index (χ1v) is 7.78. The van der Waals surface area contributed by atoms with Crippen molar-refractivity contribution < 1.29 is 15.1 Å². The molecule has 0 saturated carbocycles. The van der Waals surface area contributed by atoms with Crippen LogP contribution in [0.4, 0.5) is 0 Å². The van der Waals surface area contributed by atoms with E-state index in [-0.39, 0.29) is 12.3 Å². The van der Waals surface area contributed by atoms with Crippen molar-refractivity contribution in [2.75, 3.05) is 0 Å². The summed E-state index contributed by atoms with van der Waals surface area (Å²) in [7, 11) is 0. The summed E-state index contributed by atoms with van der Waals surface area (Å²) in [5, 5.41) is 18.5. The molecule has 21 heavy (non-hydrogen) atoms. The smallest absolute Gasteiger partial charge is 0.243 e. The van der Waals surface area contributed by atoms with Gasteiger partial charge in [0.2, 0.25) is 5.91 Å². The van der Waals surface area contributed by atoms with Crippen LogP contribution in [0.25, 0.3) is 10.4 Å². The molecule has 0 saturated heterocycles. The van der Waals surface area contributed by atoms with Gasteiger partial charge in [-0.2, -0.15) is 0 Å². The maximum absolute atomic E-state index is 10.9. The highest BCUT2D eigenvalue weighted by Gasteiger charge is 2.11. The van der Waals surface area contributed by atoms with Gasteiger partial charge in [-0.25, -0.2) is 5.48 Å². The Hall–Kier alpha value is -1.69. The van der Waals surface area contributed by atoms with Gasteiger partial charge in [-0.1, -0.05) is 30.3 Å². The van der Waals surface area contributed by atoms with E-state index >= 15 is 0 Å². The van der Waals surface area contributed by atoms with Crippen molar-refractivity contribution >= 4 is 17.2 Å². The number of hydrogen-bond acceptors (Lipinski definition) is 4. The predicted octanol–water partition coefficient (Wildman–Crippen LogP) is 3.51. The number of amides is 1. The minimum atomic E-state index is -0.496. The van der Waals surface area contributed by atoms with Crippen molar-refractivity contribution in [1.82, 2.24) is 5.48 Å². The van der Waals surface area contributed by atoms with Crippen molar-refractivity contribution in [3.63, 3.8) is 0 Å². The third-order valence-electron chi connectivity index (χ3n) is 3.27. The first kappa shape index (κ1) is 15.7. The van der Waals surface area contributed by atoms with Gasteiger partial charge in [0, 0.05) is 16.2 Å². The lowest BCUT2D eigenvalue weighted by Crippen LogP contribution is -2.17. The van der Waals surface area contributed by atoms with Crippen LogP contribution < -0.4 is 5.48 Å². The van der Waals surface area contributed by atoms with E-state index in [1.165, 1.54) is 0 Å². The number of benzene rings is 1. The van der Waals surface area contributed by atoms with E-state index in [1.807, 2.05) is 30.3 Å². The molecule has 0 aliphatic heterocycles. The zero-order valence-corrected chi connectivity index (χ0v) is 12.5. The molecule has 3 N–H and O–H groups in total. The summed E-state index contributed by atoms with van der Waals surface area (Å²) >= 11 is 1.59. The molecule has 1 heterocycles. The van der Waals surface area contributed by atoms with E-state index in [0.29, 0.717) is 12.8 Å². The zero-order chi connectivity index (χ0) is 15.1. The van der Waals surface area contributed by atoms with E-state index in [4.69, 9.17) is 5.21 Å². The highest BCUT2D eigenvalue weighted by atomic mass is 32.1. The average molecular weight is 305 g/mol. The normalized spacial score (nSPS) is 12.1. The molecule has 2 aromatic rings. The molecule has 0 radical (unpaired) electrons. The highest BCUT2D eigenvalue weighted by molar-refractivity contribution is 7.15. The number of thiophene rings is 1. The SMILES string of the molecule is O=C(CCCC[C@@H](O)c1ccc(-c2ccccc2)s1)NO. The van der Waals surface area contributed by atoms with Gasteiger partial charge in [0.15, 0.2) is 0 Å². The Morgan fingerprint density at radius 2 is 1.90 bits per heavy atom. The number of hydroxylamine groups is 1. The third-order valence-corrected chi connectivity index (χ3v) is 4.51. The van der Waals surface area contributed by atoms with Crippen LogP contribution in [0.5, 0.6) is 0 Å². The summed E-state index contributed by atoms with van der Waals surface area (Å²) < 4.78 is 0. The fraction of sp³-hybridized carbons (Fsp3) is 0.312. The second kappa shape index (κ2) is 7.93. The van der Waals surface area contributed by atoms with Crippen LogP contribution in [0, 0.1) is 0 Å². The topological polar surface area (TPSA) is 69.6 Å². The van der Waals surface area contributed by atoms with Gasteiger partial charge < -0.3 is 5.11 Å². The molecule has 0 unspecified atom stereocenters. The van der Waals surface area contributed by atoms with Gasteiger partial charge in [0.1, 0.15) is 0 Å². The van der Waals surface area contributed by atoms with Crippen molar-refractivity contribution in [2.24, 2.45) is 0 Å². The maximum atomic E-state index is 10.9. The molecule has 0 aliphatic carbocycles. The average Bonchev–Trinajstić information content (AvgIpc) is 3.02. The van der Waals surface area contributed by atoms with Gasteiger partial charge in [-0.05, 0) is 37.0 Å². The van der Waals surface area contributed by atoms with Crippen LogP contribution in [0.15, 0.2) is 42.5 Å². The van der Waals surface area contributed by atoms with Crippen molar-refractivity contribution in [1.29, 1.82) is 0 Å². The number of aliphatic hydroxyl groups excluding tert-OH is 1. The molecular weight excluding hydrogens is 286 g/mol. The van der Waals surface area contributed by atoms with Crippen LogP contribution in [-0.4, -0.2) is 16.2 Å². The Kier molecular flexibility index (Phi) is 5.92. The van der Waals surface area contributed by atoms with Gasteiger partial charge in [0.25, 0.3) is 0 Å². The lowest BCUT2D eigenvalue weighted by Gasteiger charge is -2.07. The molecule has 0 bridgehead atoms. The molecule has 4 nitrogen and oxygen atoms in total. The van der Waals surface area contributed by atoms with Crippen LogP contribution in [0.1, 0.15) is 36.7 Å². The molecule has 0 aliphatic rings. The van der Waals surface area contributed by atoms with Crippen LogP contribution >= 0.6 is 11.3 Å². The van der Waals surface area contributed by atoms with Crippen LogP contribution in [-0.2, 0) is 4.79 Å². The van der Waals surface area contributed by atoms with E-state index in [9.17, 15) is 9.90 Å². The first-order chi connectivity index (χ1) is 10.2. The van der Waals surface area contributed by atoms with E-state index in [0.717, 1.165) is 21.7 Å². The molecule has 1 aromatic heterocycles. The molecule has 1 aromatic carbocycles. The Bertz CT molecular complexity index is 568. The zero-order valence-electron chi connectivity index (χ0n) is 11.7. The van der Waals surface area contributed by atoms with E-state index < -0.39 is 6.10 Å². The molecule has 5 heteroatoms. The molecule has 1 atom stereocenters. The largest absolute Gasteiger partial charge is 0.388 e. The molecule has 1 amide bonds. The Balaban J connectivity index is 1.85. The number of hydrogen-bond donors (Lipinski definition) is 3. The fourth-order valence-electron chi connectivity index (χ4n) is 2.11. The number of unbranched alkanes of at least 4 members (excludes halogenated alkanes) is 1. The van der Waals surface area contributed by atoms with Crippen molar-refractivity contribution in [2.45, 2.75) is 31.8 Å². The van der Waals surface area contributed by atoms with Crippen molar-refractivity contribution in [3.8, 4) is 10.4 Å². The monoisotopic (exact) mass is 305 g/mol. The summed E-state index contributed by atoms with van der Waals surface area (Å²) in [6.45, 7) is 0. The van der Waals surface area contributed by atoms with E-state index in [1.54, 1.807) is 16.8 Å². The number of aliphatic hydroxyl groups is 1. The number of carbonyl (C=O) groups is 1. The Labute approximate surface area is 128 Å². The molecule has 2 rings (SSSR count). The molecule has 0 fully saturated rings. The summed E-state index contributed by atoms with van der Waals surface area (Å²) in [5.74, 6) is -0.382. The first-order valence-electron chi connectivity index (χ1n) is 6.97. The minimum Gasteiger partial charge on any atom is -0.388 e. The third kappa shape index (κ3) is 4.67. The standard InChI is InChI=1S/C16H19NO3S/c18-13(8-4-5-9-16(19)17-20)15-11-10-14(21-15)12-6-2-1-3-7-12/h1-3,6-7,10-11,13,18,20H,4-5,8-9H2,(H,17,19)/t13-/m1/s1. The van der Waals surface area contributed by atoms with E-state index in [2.05, 4.69) is 12.1 Å². The van der Waals surface area contributed by atoms with Crippen LogP contribution in [0.3, 0.4) is 0 Å². The van der Waals surface area contributed by atoms with Crippen molar-refractivity contribution in [3.05, 3.63) is 47.3 Å². The molecule has 112 valence electrons. The maximum Gasteiger partial charge on any atom is 0.243 e. The van der Waals surface area contributed by atoms with Gasteiger partial charge in [0.05, 0.1) is 6.10 Å². The fourth-order valence-corrected chi connectivity index (χ4v) is 3.14. The highest BCUT2D eigenvalue weighted by Crippen LogP contribution is 2.33. The number of rotatable bonds is 7. The summed E-state index contributed by atoms with van der Waals surface area (Å²) in [6.07, 6.45) is 1.80. The lowest BCUT2D eigenvalue weighted by atomic mass is 10.1. The Morgan fingerprint density at radius 1 is 1.14 bits per heavy atom.